The highest BCUT2D eigenvalue weighted by Gasteiger charge is 2.72. The topological polar surface area (TPSA) is 26.7 Å². The predicted molar refractivity (Wildman–Crippen MR) is 81.7 cm³/mol. The smallest absolute Gasteiger partial charge is 0.398 e. The van der Waals surface area contributed by atoms with Gasteiger partial charge in [-0.05, 0) is 13.1 Å². The van der Waals surface area contributed by atoms with Gasteiger partial charge in [-0.3, -0.25) is 0 Å². The van der Waals surface area contributed by atoms with E-state index in [-0.39, 0.29) is 0 Å². The molecule has 0 aromatic heterocycles. The molecule has 96 valence electrons. The zero-order valence-corrected chi connectivity index (χ0v) is 16.5. The molecule has 1 heterocycles. The minimum absolute atomic E-state index is 1.51. The van der Waals surface area contributed by atoms with Gasteiger partial charge in [-0.25, -0.2) is 0 Å². The molecule has 0 aromatic rings. The first kappa shape index (κ1) is 15.1. The number of halogens is 1. The molecule has 1 fully saturated rings. The van der Waals surface area contributed by atoms with E-state index in [1.165, 1.54) is 0 Å². The van der Waals surface area contributed by atoms with Crippen molar-refractivity contribution >= 4 is 43.9 Å². The summed E-state index contributed by atoms with van der Waals surface area (Å²) in [6, 6.07) is 0. The van der Waals surface area contributed by atoms with Gasteiger partial charge in [0.25, 0.3) is 0 Å². The highest BCUT2D eigenvalue weighted by molar-refractivity contribution is 7.34. The maximum Gasteiger partial charge on any atom is 0.435 e. The maximum atomic E-state index is 10.7. The first-order chi connectivity index (χ1) is 6.73. The van der Waals surface area contributed by atoms with Gasteiger partial charge in [0.1, 0.15) is 16.5 Å². The first-order valence-electron chi connectivity index (χ1n) is 5.75. The van der Waals surface area contributed by atoms with Crippen LogP contribution in [0.1, 0.15) is 0 Å². The summed E-state index contributed by atoms with van der Waals surface area (Å²) in [5.74, 6) is 0. The Morgan fingerprint density at radius 2 is 1.12 bits per heavy atom. The fourth-order valence-electron chi connectivity index (χ4n) is 3.35. The molecular weight excluding hydrogens is 288 g/mol. The minimum atomic E-state index is -2.79. The van der Waals surface area contributed by atoms with E-state index < -0.39 is 32.8 Å². The Morgan fingerprint density at radius 3 is 1.25 bits per heavy atom. The quantitative estimate of drug-likeness (QED) is 0.627. The van der Waals surface area contributed by atoms with Crippen molar-refractivity contribution in [3.05, 3.63) is 0 Å². The number of nitrogens with zero attached hydrogens (tertiary/aromatic N) is 2. The molecular formula is C8H25ClN2OSi4. The van der Waals surface area contributed by atoms with Crippen molar-refractivity contribution in [3.8, 4) is 0 Å². The van der Waals surface area contributed by atoms with Gasteiger partial charge < -0.3 is 12.6 Å². The van der Waals surface area contributed by atoms with Crippen LogP contribution in [0, 0.1) is 0 Å². The van der Waals surface area contributed by atoms with E-state index in [4.69, 9.17) is 11.1 Å². The molecule has 0 atom stereocenters. The summed E-state index contributed by atoms with van der Waals surface area (Å²) in [6.45, 7) is 18.3. The van der Waals surface area contributed by atoms with Gasteiger partial charge in [-0.1, -0.05) is 50.4 Å². The zero-order valence-electron chi connectivity index (χ0n) is 11.7. The van der Waals surface area contributed by atoms with Crippen LogP contribution >= 0.6 is 11.1 Å². The molecule has 0 unspecified atom stereocenters. The maximum absolute atomic E-state index is 10.7. The molecule has 0 spiro atoms. The van der Waals surface area contributed by atoms with E-state index in [0.717, 1.165) is 0 Å². The summed E-state index contributed by atoms with van der Waals surface area (Å²) < 4.78 is 4.76. The Kier molecular flexibility index (Phi) is 3.55. The van der Waals surface area contributed by atoms with E-state index in [1.807, 2.05) is 0 Å². The molecule has 1 saturated heterocycles. The molecule has 0 radical (unpaired) electrons. The summed E-state index contributed by atoms with van der Waals surface area (Å²) in [5.41, 5.74) is 0. The second-order valence-corrected chi connectivity index (χ2v) is 26.7. The van der Waals surface area contributed by atoms with E-state index in [2.05, 4.69) is 60.2 Å². The van der Waals surface area contributed by atoms with Crippen LogP contribution in [0.3, 0.4) is 0 Å². The number of hydrogen-bond acceptors (Lipinski definition) is 3. The molecule has 1 aliphatic rings. The van der Waals surface area contributed by atoms with Crippen molar-refractivity contribution in [2.75, 3.05) is 0 Å². The molecule has 0 aromatic carbocycles. The molecule has 0 bridgehead atoms. The normalized spacial score (nSPS) is 26.6. The average Bonchev–Trinajstić information content (AvgIpc) is 1.69. The summed E-state index contributed by atoms with van der Waals surface area (Å²) in [4.78, 5) is 10.7. The van der Waals surface area contributed by atoms with Crippen LogP contribution in [0.2, 0.25) is 52.4 Å². The third-order valence-electron chi connectivity index (χ3n) is 3.01. The molecule has 1 aliphatic heterocycles. The van der Waals surface area contributed by atoms with Crippen LogP contribution in [0.4, 0.5) is 0 Å². The molecule has 0 amide bonds. The van der Waals surface area contributed by atoms with E-state index in [9.17, 15) is 4.80 Å². The molecule has 16 heavy (non-hydrogen) atoms. The lowest BCUT2D eigenvalue weighted by Crippen LogP contribution is -2.97. The van der Waals surface area contributed by atoms with E-state index >= 15 is 0 Å². The number of hydrogen-bond donors (Lipinski definition) is 1. The van der Waals surface area contributed by atoms with Crippen molar-refractivity contribution in [1.82, 2.24) is 7.79 Å². The molecule has 0 aliphatic carbocycles. The lowest BCUT2D eigenvalue weighted by Gasteiger charge is -2.70. The van der Waals surface area contributed by atoms with E-state index in [0.29, 0.717) is 0 Å². The third-order valence-corrected chi connectivity index (χ3v) is 30.1. The largest absolute Gasteiger partial charge is 0.435 e. The highest BCUT2D eigenvalue weighted by atomic mass is 35.6. The van der Waals surface area contributed by atoms with Crippen molar-refractivity contribution in [2.45, 2.75) is 52.4 Å². The Balaban J connectivity index is 3.15. The van der Waals surface area contributed by atoms with Gasteiger partial charge in [0.15, 0.2) is 8.40 Å². The van der Waals surface area contributed by atoms with Crippen molar-refractivity contribution in [3.63, 3.8) is 0 Å². The van der Waals surface area contributed by atoms with Crippen molar-refractivity contribution < 1.29 is 4.80 Å². The monoisotopic (exact) mass is 312 g/mol. The zero-order chi connectivity index (χ0) is 13.2. The molecule has 1 N–H and O–H groups in total. The summed E-state index contributed by atoms with van der Waals surface area (Å²) in [6.07, 6.45) is 0. The Labute approximate surface area is 109 Å². The average molecular weight is 313 g/mol. The van der Waals surface area contributed by atoms with E-state index in [1.54, 1.807) is 0 Å². The Bertz CT molecular complexity index is 255. The SMILES string of the molecule is C[Si](C)(C)N1[Si](C)(C)N([Si](C)(C)C)[Si]1(O)Cl. The van der Waals surface area contributed by atoms with Crippen LogP contribution < -0.4 is 0 Å². The number of rotatable bonds is 2. The second kappa shape index (κ2) is 3.76. The fraction of sp³-hybridized carbons (Fsp3) is 1.00. The first-order valence-corrected chi connectivity index (χ1v) is 18.4. The molecule has 3 nitrogen and oxygen atoms in total. The Morgan fingerprint density at radius 1 is 0.875 bits per heavy atom. The van der Waals surface area contributed by atoms with Gasteiger partial charge in [0.2, 0.25) is 0 Å². The van der Waals surface area contributed by atoms with Gasteiger partial charge in [-0.15, -0.1) is 0 Å². The standard InChI is InChI=1S/C8H25ClN2OSi4/c1-13(2,3)10-15(7,8)11(14(4,5)6)16(10,9)12/h12H,1-8H3. The van der Waals surface area contributed by atoms with Crippen LogP contribution in [-0.2, 0) is 0 Å². The van der Waals surface area contributed by atoms with Crippen LogP contribution in [0.15, 0.2) is 0 Å². The molecule has 0 saturated carbocycles. The van der Waals surface area contributed by atoms with Crippen molar-refractivity contribution in [2.24, 2.45) is 0 Å². The third kappa shape index (κ3) is 2.16. The fourth-order valence-corrected chi connectivity index (χ4v) is 41.1. The van der Waals surface area contributed by atoms with Crippen molar-refractivity contribution in [1.29, 1.82) is 0 Å². The Hall–Kier alpha value is 1.04. The molecule has 8 heteroatoms. The van der Waals surface area contributed by atoms with Gasteiger partial charge in [0.05, 0.1) is 0 Å². The summed E-state index contributed by atoms with van der Waals surface area (Å²) in [5, 5.41) is 0. The van der Waals surface area contributed by atoms with Gasteiger partial charge >= 0.3 is 7.95 Å². The summed E-state index contributed by atoms with van der Waals surface area (Å²) >= 11 is 6.54. The van der Waals surface area contributed by atoms with Crippen LogP contribution in [0.5, 0.6) is 0 Å². The van der Waals surface area contributed by atoms with Gasteiger partial charge in [0, 0.05) is 0 Å². The minimum Gasteiger partial charge on any atom is -0.398 e. The van der Waals surface area contributed by atoms with Gasteiger partial charge in [-0.2, -0.15) is 0 Å². The second-order valence-electron chi connectivity index (χ2n) is 7.06. The molecule has 1 rings (SSSR count). The van der Waals surface area contributed by atoms with Crippen LogP contribution in [0.25, 0.3) is 0 Å². The lowest BCUT2D eigenvalue weighted by molar-refractivity contribution is 0.414. The lowest BCUT2D eigenvalue weighted by atomic mass is 11.8. The summed E-state index contributed by atoms with van der Waals surface area (Å²) in [7, 11) is -7.46. The predicted octanol–water partition coefficient (Wildman–Crippen LogP) is 2.64. The van der Waals surface area contributed by atoms with Crippen LogP contribution in [-0.4, -0.2) is 45.4 Å². The highest BCUT2D eigenvalue weighted by Crippen LogP contribution is 2.46.